The third kappa shape index (κ3) is 4.81. The fourth-order valence-corrected chi connectivity index (χ4v) is 3.91. The minimum absolute atomic E-state index is 0.325. The highest BCUT2D eigenvalue weighted by molar-refractivity contribution is 5.76. The Morgan fingerprint density at radius 1 is 1.09 bits per heavy atom. The Balaban J connectivity index is 1.49. The van der Waals surface area contributed by atoms with Gasteiger partial charge in [0, 0.05) is 25.6 Å². The second-order valence-corrected chi connectivity index (χ2v) is 6.93. The molecule has 0 N–H and O–H groups in total. The first-order valence-corrected chi connectivity index (χ1v) is 9.28. The maximum atomic E-state index is 12.6. The molecule has 0 spiro atoms. The number of hydrogen-bond acceptors (Lipinski definition) is 2. The van der Waals surface area contributed by atoms with Crippen LogP contribution in [0.3, 0.4) is 0 Å². The second kappa shape index (κ2) is 8.49. The van der Waals surface area contributed by atoms with E-state index in [0.29, 0.717) is 24.5 Å². The molecular weight excluding hydrogens is 286 g/mol. The Morgan fingerprint density at radius 2 is 1.96 bits per heavy atom. The van der Waals surface area contributed by atoms with Crippen LogP contribution < -0.4 is 0 Å². The summed E-state index contributed by atoms with van der Waals surface area (Å²) in [7, 11) is 0. The maximum Gasteiger partial charge on any atom is 0.222 e. The van der Waals surface area contributed by atoms with Gasteiger partial charge in [0.15, 0.2) is 0 Å². The van der Waals surface area contributed by atoms with Crippen molar-refractivity contribution in [3.05, 3.63) is 35.9 Å². The van der Waals surface area contributed by atoms with E-state index in [1.165, 1.54) is 18.4 Å². The minimum Gasteiger partial charge on any atom is -0.378 e. The molecule has 2 heterocycles. The van der Waals surface area contributed by atoms with Gasteiger partial charge in [-0.2, -0.15) is 0 Å². The molecule has 3 nitrogen and oxygen atoms in total. The van der Waals surface area contributed by atoms with Crippen molar-refractivity contribution in [2.45, 2.75) is 69.9 Å². The molecule has 2 atom stereocenters. The van der Waals surface area contributed by atoms with Crippen LogP contribution in [0.5, 0.6) is 0 Å². The number of aryl methyl sites for hydroxylation is 1. The van der Waals surface area contributed by atoms with Crippen molar-refractivity contribution in [3.8, 4) is 0 Å². The predicted molar refractivity (Wildman–Crippen MR) is 92.3 cm³/mol. The molecule has 2 aliphatic rings. The molecule has 1 aromatic rings. The van der Waals surface area contributed by atoms with Gasteiger partial charge < -0.3 is 9.64 Å². The third-order valence-corrected chi connectivity index (χ3v) is 5.26. The summed E-state index contributed by atoms with van der Waals surface area (Å²) >= 11 is 0. The molecule has 0 unspecified atom stereocenters. The van der Waals surface area contributed by atoms with Crippen LogP contribution in [0.15, 0.2) is 30.3 Å². The van der Waals surface area contributed by atoms with Crippen molar-refractivity contribution < 1.29 is 9.53 Å². The molecule has 1 aromatic carbocycles. The number of benzene rings is 1. The molecule has 2 aliphatic heterocycles. The van der Waals surface area contributed by atoms with Gasteiger partial charge in [0.05, 0.1) is 6.10 Å². The molecule has 0 aromatic heterocycles. The Hall–Kier alpha value is -1.35. The van der Waals surface area contributed by atoms with Gasteiger partial charge in [-0.05, 0) is 56.9 Å². The minimum atomic E-state index is 0.325. The molecule has 0 bridgehead atoms. The van der Waals surface area contributed by atoms with Crippen LogP contribution in [0, 0.1) is 0 Å². The maximum absolute atomic E-state index is 12.6. The van der Waals surface area contributed by atoms with E-state index in [4.69, 9.17) is 4.74 Å². The van der Waals surface area contributed by atoms with Gasteiger partial charge in [-0.1, -0.05) is 30.3 Å². The monoisotopic (exact) mass is 315 g/mol. The first kappa shape index (κ1) is 16.5. The summed E-state index contributed by atoms with van der Waals surface area (Å²) in [4.78, 5) is 14.8. The first-order chi connectivity index (χ1) is 11.3. The van der Waals surface area contributed by atoms with E-state index in [1.54, 1.807) is 0 Å². The van der Waals surface area contributed by atoms with Crippen LogP contribution in [0.4, 0.5) is 0 Å². The first-order valence-electron chi connectivity index (χ1n) is 9.28. The highest BCUT2D eigenvalue weighted by Crippen LogP contribution is 2.24. The summed E-state index contributed by atoms with van der Waals surface area (Å²) in [5, 5.41) is 0. The quantitative estimate of drug-likeness (QED) is 0.795. The number of hydrogen-bond donors (Lipinski definition) is 0. The lowest BCUT2D eigenvalue weighted by Gasteiger charge is -2.36. The Labute approximate surface area is 140 Å². The number of amides is 1. The van der Waals surface area contributed by atoms with Gasteiger partial charge in [-0.15, -0.1) is 0 Å². The van der Waals surface area contributed by atoms with Crippen LogP contribution in [0.2, 0.25) is 0 Å². The largest absolute Gasteiger partial charge is 0.378 e. The van der Waals surface area contributed by atoms with Crippen molar-refractivity contribution in [2.24, 2.45) is 0 Å². The van der Waals surface area contributed by atoms with Gasteiger partial charge in [-0.25, -0.2) is 0 Å². The number of carbonyl (C=O) groups is 1. The van der Waals surface area contributed by atoms with Crippen molar-refractivity contribution in [1.29, 1.82) is 0 Å². The average Bonchev–Trinajstić information content (AvgIpc) is 3.12. The van der Waals surface area contributed by atoms with Gasteiger partial charge >= 0.3 is 0 Å². The lowest BCUT2D eigenvalue weighted by atomic mass is 9.95. The lowest BCUT2D eigenvalue weighted by molar-refractivity contribution is -0.135. The average molecular weight is 315 g/mol. The fraction of sp³-hybridized carbons (Fsp3) is 0.650. The van der Waals surface area contributed by atoms with Gasteiger partial charge in [0.25, 0.3) is 0 Å². The molecule has 0 aliphatic carbocycles. The molecule has 23 heavy (non-hydrogen) atoms. The molecule has 2 fully saturated rings. The van der Waals surface area contributed by atoms with Crippen molar-refractivity contribution in [2.75, 3.05) is 13.2 Å². The van der Waals surface area contributed by atoms with E-state index in [0.717, 1.165) is 51.7 Å². The standard InChI is InChI=1S/C20H29NO2/c22-20(14-13-19-10-6-16-23-19)21-15-5-4-9-18(21)12-11-17-7-2-1-3-8-17/h1-3,7-8,18-19H,4-6,9-16H2/t18-,19-/m1/s1. The highest BCUT2D eigenvalue weighted by atomic mass is 16.5. The number of rotatable bonds is 6. The summed E-state index contributed by atoms with van der Waals surface area (Å²) in [6.07, 6.45) is 9.92. The Morgan fingerprint density at radius 3 is 2.74 bits per heavy atom. The summed E-state index contributed by atoms with van der Waals surface area (Å²) in [5.74, 6) is 0.346. The summed E-state index contributed by atoms with van der Waals surface area (Å²) in [6, 6.07) is 11.1. The summed E-state index contributed by atoms with van der Waals surface area (Å²) in [6.45, 7) is 1.83. The van der Waals surface area contributed by atoms with E-state index in [-0.39, 0.29) is 0 Å². The fourth-order valence-electron chi connectivity index (χ4n) is 3.91. The molecule has 0 saturated carbocycles. The lowest BCUT2D eigenvalue weighted by Crippen LogP contribution is -2.44. The van der Waals surface area contributed by atoms with Gasteiger partial charge in [-0.3, -0.25) is 4.79 Å². The number of piperidine rings is 1. The van der Waals surface area contributed by atoms with Crippen LogP contribution in [-0.4, -0.2) is 36.1 Å². The van der Waals surface area contributed by atoms with Gasteiger partial charge in [0.1, 0.15) is 0 Å². The number of likely N-dealkylation sites (tertiary alicyclic amines) is 1. The molecule has 3 heteroatoms. The Kier molecular flexibility index (Phi) is 6.09. The molecule has 3 rings (SSSR count). The zero-order valence-corrected chi connectivity index (χ0v) is 14.1. The zero-order valence-electron chi connectivity index (χ0n) is 14.1. The smallest absolute Gasteiger partial charge is 0.222 e. The summed E-state index contributed by atoms with van der Waals surface area (Å²) < 4.78 is 5.65. The van der Waals surface area contributed by atoms with E-state index in [9.17, 15) is 4.79 Å². The SMILES string of the molecule is O=C(CC[C@H]1CCCO1)N1CCCC[C@@H]1CCc1ccccc1. The van der Waals surface area contributed by atoms with Crippen LogP contribution in [0.25, 0.3) is 0 Å². The molecular formula is C20H29NO2. The Bertz CT molecular complexity index is 482. The van der Waals surface area contributed by atoms with E-state index < -0.39 is 0 Å². The van der Waals surface area contributed by atoms with E-state index >= 15 is 0 Å². The van der Waals surface area contributed by atoms with E-state index in [1.807, 2.05) is 0 Å². The van der Waals surface area contributed by atoms with Crippen LogP contribution >= 0.6 is 0 Å². The van der Waals surface area contributed by atoms with Crippen molar-refractivity contribution in [3.63, 3.8) is 0 Å². The number of ether oxygens (including phenoxy) is 1. The topological polar surface area (TPSA) is 29.5 Å². The predicted octanol–water partition coefficient (Wildman–Crippen LogP) is 3.96. The van der Waals surface area contributed by atoms with E-state index in [2.05, 4.69) is 35.2 Å². The highest BCUT2D eigenvalue weighted by Gasteiger charge is 2.27. The second-order valence-electron chi connectivity index (χ2n) is 6.93. The van der Waals surface area contributed by atoms with Crippen LogP contribution in [0.1, 0.15) is 56.9 Å². The normalized spacial score (nSPS) is 24.8. The van der Waals surface area contributed by atoms with Crippen LogP contribution in [-0.2, 0) is 16.0 Å². The third-order valence-electron chi connectivity index (χ3n) is 5.26. The van der Waals surface area contributed by atoms with Gasteiger partial charge in [0.2, 0.25) is 5.91 Å². The van der Waals surface area contributed by atoms with Crippen molar-refractivity contribution >= 4 is 5.91 Å². The summed E-state index contributed by atoms with van der Waals surface area (Å²) in [5.41, 5.74) is 1.38. The molecule has 126 valence electrons. The molecule has 2 saturated heterocycles. The number of nitrogens with zero attached hydrogens (tertiary/aromatic N) is 1. The zero-order chi connectivity index (χ0) is 15.9. The molecule has 0 radical (unpaired) electrons. The number of carbonyl (C=O) groups excluding carboxylic acids is 1. The van der Waals surface area contributed by atoms with Crippen molar-refractivity contribution in [1.82, 2.24) is 4.90 Å². The molecule has 1 amide bonds.